The Morgan fingerprint density at radius 3 is 2.64 bits per heavy atom. The maximum atomic E-state index is 12.8. The lowest BCUT2D eigenvalue weighted by atomic mass is 9.95. The Balaban J connectivity index is 1.62. The van der Waals surface area contributed by atoms with Gasteiger partial charge in [-0.15, -0.1) is 10.2 Å². The molecule has 22 heavy (non-hydrogen) atoms. The molecule has 1 unspecified atom stereocenters. The highest BCUT2D eigenvalue weighted by Gasteiger charge is 2.37. The molecule has 0 bridgehead atoms. The number of nitrogens with one attached hydrogen (secondary N) is 1. The molecule has 0 aliphatic carbocycles. The van der Waals surface area contributed by atoms with Crippen LogP contribution in [0.15, 0.2) is 12.7 Å². The highest BCUT2D eigenvalue weighted by atomic mass is 16.2. The molecule has 1 N–H and O–H groups in total. The van der Waals surface area contributed by atoms with E-state index in [1.54, 1.807) is 4.90 Å². The van der Waals surface area contributed by atoms with E-state index in [0.29, 0.717) is 31.8 Å². The molecular formula is C14H20N6O2. The van der Waals surface area contributed by atoms with E-state index in [1.165, 1.54) is 6.08 Å². The van der Waals surface area contributed by atoms with Gasteiger partial charge in [-0.05, 0) is 31.8 Å². The Bertz CT molecular complexity index is 550. The fourth-order valence-corrected chi connectivity index (χ4v) is 3.32. The number of aromatic nitrogens is 4. The first-order valence-corrected chi connectivity index (χ1v) is 7.66. The number of carbonyl (C=O) groups is 2. The van der Waals surface area contributed by atoms with Crippen LogP contribution < -0.4 is 0 Å². The van der Waals surface area contributed by atoms with E-state index >= 15 is 0 Å². The zero-order valence-corrected chi connectivity index (χ0v) is 12.4. The topological polar surface area (TPSA) is 95.1 Å². The summed E-state index contributed by atoms with van der Waals surface area (Å²) >= 11 is 0. The fourth-order valence-electron chi connectivity index (χ4n) is 3.32. The summed E-state index contributed by atoms with van der Waals surface area (Å²) in [5.41, 5.74) is 0. The molecule has 1 atom stereocenters. The molecular weight excluding hydrogens is 284 g/mol. The molecule has 2 aliphatic rings. The standard InChI is InChI=1S/C14H20N6O2/c1-2-12(21)19-8-5-10(6-9-19)14(22)20-7-3-4-11(20)13-15-17-18-16-13/h2,10-11H,1,3-9H2,(H,15,16,17,18). The van der Waals surface area contributed by atoms with Crippen LogP contribution in [0.25, 0.3) is 0 Å². The number of amides is 2. The van der Waals surface area contributed by atoms with Crippen molar-refractivity contribution in [2.75, 3.05) is 19.6 Å². The molecule has 1 aromatic heterocycles. The minimum Gasteiger partial charge on any atom is -0.339 e. The summed E-state index contributed by atoms with van der Waals surface area (Å²) < 4.78 is 0. The predicted octanol–water partition coefficient (Wildman–Crippen LogP) is 0.288. The second-order valence-corrected chi connectivity index (χ2v) is 5.76. The van der Waals surface area contributed by atoms with Gasteiger partial charge in [-0.2, -0.15) is 5.21 Å². The molecule has 1 aromatic rings. The van der Waals surface area contributed by atoms with Crippen LogP contribution >= 0.6 is 0 Å². The lowest BCUT2D eigenvalue weighted by Gasteiger charge is -2.34. The van der Waals surface area contributed by atoms with Crippen LogP contribution in [-0.4, -0.2) is 61.9 Å². The number of H-pyrrole nitrogens is 1. The van der Waals surface area contributed by atoms with Crippen molar-refractivity contribution in [2.24, 2.45) is 5.92 Å². The van der Waals surface area contributed by atoms with Crippen LogP contribution in [0.1, 0.15) is 37.5 Å². The maximum Gasteiger partial charge on any atom is 0.245 e. The van der Waals surface area contributed by atoms with Crippen molar-refractivity contribution >= 4 is 11.8 Å². The quantitative estimate of drug-likeness (QED) is 0.810. The first-order valence-electron chi connectivity index (χ1n) is 7.66. The largest absolute Gasteiger partial charge is 0.339 e. The zero-order chi connectivity index (χ0) is 15.5. The average Bonchev–Trinajstić information content (AvgIpc) is 3.24. The first-order chi connectivity index (χ1) is 10.7. The van der Waals surface area contributed by atoms with Gasteiger partial charge in [-0.25, -0.2) is 0 Å². The van der Waals surface area contributed by atoms with Crippen molar-refractivity contribution in [2.45, 2.75) is 31.7 Å². The number of nitrogens with zero attached hydrogens (tertiary/aromatic N) is 5. The van der Waals surface area contributed by atoms with Gasteiger partial charge in [-0.1, -0.05) is 11.8 Å². The van der Waals surface area contributed by atoms with Crippen LogP contribution in [-0.2, 0) is 9.59 Å². The third kappa shape index (κ3) is 2.72. The van der Waals surface area contributed by atoms with Crippen LogP contribution in [0.3, 0.4) is 0 Å². The minimum absolute atomic E-state index is 0.0265. The second-order valence-electron chi connectivity index (χ2n) is 5.76. The van der Waals surface area contributed by atoms with Crippen LogP contribution in [0.2, 0.25) is 0 Å². The molecule has 8 heteroatoms. The molecule has 2 fully saturated rings. The van der Waals surface area contributed by atoms with Gasteiger partial charge in [0.25, 0.3) is 0 Å². The number of likely N-dealkylation sites (tertiary alicyclic amines) is 2. The van der Waals surface area contributed by atoms with Crippen molar-refractivity contribution < 1.29 is 9.59 Å². The smallest absolute Gasteiger partial charge is 0.245 e. The number of aromatic amines is 1. The van der Waals surface area contributed by atoms with Gasteiger partial charge in [0.2, 0.25) is 11.8 Å². The molecule has 0 radical (unpaired) electrons. The van der Waals surface area contributed by atoms with Gasteiger partial charge < -0.3 is 9.80 Å². The highest BCUT2D eigenvalue weighted by molar-refractivity contribution is 5.87. The fraction of sp³-hybridized carbons (Fsp3) is 0.643. The Hall–Kier alpha value is -2.25. The van der Waals surface area contributed by atoms with Crippen molar-refractivity contribution in [1.29, 1.82) is 0 Å². The molecule has 8 nitrogen and oxygen atoms in total. The Morgan fingerprint density at radius 1 is 1.23 bits per heavy atom. The van der Waals surface area contributed by atoms with Gasteiger partial charge in [0.05, 0.1) is 6.04 Å². The summed E-state index contributed by atoms with van der Waals surface area (Å²) in [6.45, 7) is 5.47. The summed E-state index contributed by atoms with van der Waals surface area (Å²) in [5.74, 6) is 0.654. The highest BCUT2D eigenvalue weighted by Crippen LogP contribution is 2.32. The molecule has 2 aliphatic heterocycles. The van der Waals surface area contributed by atoms with Crippen molar-refractivity contribution in [3.8, 4) is 0 Å². The third-order valence-electron chi connectivity index (χ3n) is 4.53. The first kappa shape index (κ1) is 14.7. The van der Waals surface area contributed by atoms with Crippen LogP contribution in [0.5, 0.6) is 0 Å². The molecule has 118 valence electrons. The van der Waals surface area contributed by atoms with E-state index in [0.717, 1.165) is 19.4 Å². The van der Waals surface area contributed by atoms with E-state index in [-0.39, 0.29) is 23.8 Å². The lowest BCUT2D eigenvalue weighted by Crippen LogP contribution is -2.44. The molecule has 3 rings (SSSR count). The zero-order valence-electron chi connectivity index (χ0n) is 12.4. The third-order valence-corrected chi connectivity index (χ3v) is 4.53. The summed E-state index contributed by atoms with van der Waals surface area (Å²) in [6, 6.07) is -0.0703. The normalized spacial score (nSPS) is 22.8. The van der Waals surface area contributed by atoms with Crippen LogP contribution in [0.4, 0.5) is 0 Å². The summed E-state index contributed by atoms with van der Waals surface area (Å²) in [6.07, 6.45) is 4.56. The van der Waals surface area contributed by atoms with Crippen LogP contribution in [0, 0.1) is 5.92 Å². The number of tetrazole rings is 1. The Morgan fingerprint density at radius 2 is 2.00 bits per heavy atom. The van der Waals surface area contributed by atoms with Gasteiger partial charge in [0.15, 0.2) is 5.82 Å². The maximum absolute atomic E-state index is 12.8. The van der Waals surface area contributed by atoms with Gasteiger partial charge in [0.1, 0.15) is 0 Å². The SMILES string of the molecule is C=CC(=O)N1CCC(C(=O)N2CCCC2c2nn[nH]n2)CC1. The molecule has 2 amide bonds. The molecule has 2 saturated heterocycles. The van der Waals surface area contributed by atoms with Gasteiger partial charge in [0, 0.05) is 25.6 Å². The van der Waals surface area contributed by atoms with E-state index in [2.05, 4.69) is 27.2 Å². The minimum atomic E-state index is -0.0703. The lowest BCUT2D eigenvalue weighted by molar-refractivity contribution is -0.140. The second kappa shape index (κ2) is 6.25. The monoisotopic (exact) mass is 304 g/mol. The van der Waals surface area contributed by atoms with E-state index in [9.17, 15) is 9.59 Å². The number of piperidine rings is 1. The van der Waals surface area contributed by atoms with E-state index < -0.39 is 0 Å². The van der Waals surface area contributed by atoms with E-state index in [4.69, 9.17) is 0 Å². The molecule has 0 spiro atoms. The Kier molecular flexibility index (Phi) is 4.17. The average molecular weight is 304 g/mol. The number of hydrogen-bond acceptors (Lipinski definition) is 5. The van der Waals surface area contributed by atoms with Gasteiger partial charge in [-0.3, -0.25) is 9.59 Å². The number of carbonyl (C=O) groups excluding carboxylic acids is 2. The van der Waals surface area contributed by atoms with E-state index in [1.807, 2.05) is 4.90 Å². The molecule has 3 heterocycles. The van der Waals surface area contributed by atoms with Crippen molar-refractivity contribution in [3.05, 3.63) is 18.5 Å². The number of rotatable bonds is 3. The molecule has 0 saturated carbocycles. The summed E-state index contributed by atoms with van der Waals surface area (Å²) in [4.78, 5) is 28.0. The Labute approximate surface area is 128 Å². The summed E-state index contributed by atoms with van der Waals surface area (Å²) in [5, 5.41) is 14.1. The molecule has 0 aromatic carbocycles. The van der Waals surface area contributed by atoms with Crippen molar-refractivity contribution in [1.82, 2.24) is 30.4 Å². The van der Waals surface area contributed by atoms with Crippen molar-refractivity contribution in [3.63, 3.8) is 0 Å². The summed E-state index contributed by atoms with van der Waals surface area (Å²) in [7, 11) is 0. The predicted molar refractivity (Wildman–Crippen MR) is 77.4 cm³/mol. The number of hydrogen-bond donors (Lipinski definition) is 1. The van der Waals surface area contributed by atoms with Gasteiger partial charge >= 0.3 is 0 Å².